The molecule has 0 radical (unpaired) electrons. The van der Waals surface area contributed by atoms with Gasteiger partial charge >= 0.3 is 18.0 Å². The van der Waals surface area contributed by atoms with E-state index in [2.05, 4.69) is 10.2 Å². The fourth-order valence-corrected chi connectivity index (χ4v) is 3.55. The largest absolute Gasteiger partial charge is 0.480 e. The van der Waals surface area contributed by atoms with Gasteiger partial charge < -0.3 is 24.3 Å². The third-order valence-corrected chi connectivity index (χ3v) is 5.38. The van der Waals surface area contributed by atoms with E-state index in [-0.39, 0.29) is 39.4 Å². The maximum atomic E-state index is 13.0. The summed E-state index contributed by atoms with van der Waals surface area (Å²) in [5, 5.41) is 21.4. The lowest BCUT2D eigenvalue weighted by Gasteiger charge is -2.26. The van der Waals surface area contributed by atoms with Crippen LogP contribution >= 0.6 is 0 Å². The maximum Gasteiger partial charge on any atom is 0.328 e. The molecule has 0 aliphatic carbocycles. The Hall–Kier alpha value is -3.78. The molecule has 14 nitrogen and oxygen atoms in total. The SMILES string of the molecule is CC(NC(CCc1ccccc1)C(=O)OCCOCCO[N+](=O)[O-])C(=O)N1C(=O)N(C)CC1C(=O)O. The minimum Gasteiger partial charge on any atom is -0.480 e. The Labute approximate surface area is 207 Å². The molecule has 1 aromatic carbocycles. The Morgan fingerprint density at radius 1 is 1.19 bits per heavy atom. The van der Waals surface area contributed by atoms with Gasteiger partial charge in [-0.2, -0.15) is 0 Å². The van der Waals surface area contributed by atoms with Crippen LogP contribution in [0, 0.1) is 10.1 Å². The number of nitrogens with zero attached hydrogens (tertiary/aromatic N) is 3. The molecule has 0 bridgehead atoms. The second-order valence-corrected chi connectivity index (χ2v) is 8.03. The first-order valence-corrected chi connectivity index (χ1v) is 11.2. The van der Waals surface area contributed by atoms with E-state index in [0.717, 1.165) is 10.5 Å². The van der Waals surface area contributed by atoms with Crippen LogP contribution in [0.5, 0.6) is 0 Å². The highest BCUT2D eigenvalue weighted by atomic mass is 17.0. The summed E-state index contributed by atoms with van der Waals surface area (Å²) in [6, 6.07) is 5.25. The summed E-state index contributed by atoms with van der Waals surface area (Å²) < 4.78 is 10.3. The number of nitrogens with one attached hydrogen (secondary N) is 1. The van der Waals surface area contributed by atoms with Crippen molar-refractivity contribution in [3.05, 3.63) is 46.0 Å². The van der Waals surface area contributed by atoms with E-state index in [0.29, 0.717) is 11.3 Å². The number of esters is 1. The molecular formula is C22H30N4O10. The molecule has 1 saturated heterocycles. The lowest BCUT2D eigenvalue weighted by molar-refractivity contribution is -0.758. The van der Waals surface area contributed by atoms with E-state index in [4.69, 9.17) is 9.47 Å². The molecular weight excluding hydrogens is 480 g/mol. The van der Waals surface area contributed by atoms with Crippen molar-refractivity contribution >= 4 is 23.9 Å². The molecule has 36 heavy (non-hydrogen) atoms. The van der Waals surface area contributed by atoms with Crippen LogP contribution in [-0.2, 0) is 35.1 Å². The predicted octanol–water partition coefficient (Wildman–Crippen LogP) is 0.0812. The Kier molecular flexibility index (Phi) is 11.0. The fraction of sp³-hybridized carbons (Fsp3) is 0.545. The number of carbonyl (C=O) groups excluding carboxylic acids is 3. The highest BCUT2D eigenvalue weighted by Gasteiger charge is 2.45. The molecule has 3 unspecified atom stereocenters. The van der Waals surface area contributed by atoms with Gasteiger partial charge in [0.2, 0.25) is 5.91 Å². The van der Waals surface area contributed by atoms with Crippen molar-refractivity contribution in [1.29, 1.82) is 0 Å². The van der Waals surface area contributed by atoms with Gasteiger partial charge in [-0.25, -0.2) is 14.5 Å². The summed E-state index contributed by atoms with van der Waals surface area (Å²) >= 11 is 0. The lowest BCUT2D eigenvalue weighted by Crippen LogP contribution is -2.54. The first-order valence-electron chi connectivity index (χ1n) is 11.2. The molecule has 1 aromatic rings. The van der Waals surface area contributed by atoms with E-state index in [1.807, 2.05) is 30.3 Å². The van der Waals surface area contributed by atoms with Gasteiger partial charge in [-0.1, -0.05) is 30.3 Å². The number of aryl methyl sites for hydroxylation is 1. The monoisotopic (exact) mass is 510 g/mol. The molecule has 1 aliphatic heterocycles. The van der Waals surface area contributed by atoms with E-state index in [1.165, 1.54) is 14.0 Å². The first kappa shape index (κ1) is 28.5. The molecule has 14 heteroatoms. The number of carboxylic acid groups (broad SMARTS) is 1. The molecule has 2 N–H and O–H groups in total. The van der Waals surface area contributed by atoms with Gasteiger partial charge in [0, 0.05) is 7.05 Å². The van der Waals surface area contributed by atoms with Gasteiger partial charge in [0.15, 0.2) is 6.04 Å². The summed E-state index contributed by atoms with van der Waals surface area (Å²) in [7, 11) is 1.40. The van der Waals surface area contributed by atoms with E-state index < -0.39 is 47.1 Å². The third-order valence-electron chi connectivity index (χ3n) is 5.38. The van der Waals surface area contributed by atoms with Crippen LogP contribution in [0.1, 0.15) is 18.9 Å². The third kappa shape index (κ3) is 8.46. The second-order valence-electron chi connectivity index (χ2n) is 8.03. The Bertz CT molecular complexity index is 929. The van der Waals surface area contributed by atoms with Crippen LogP contribution in [0.3, 0.4) is 0 Å². The standard InChI is InChI=1S/C22H30N4O10/c1-15(19(27)25-18(20(28)29)14-24(2)22(25)31)23-17(9-8-16-6-4-3-5-7-16)21(30)35-12-10-34-11-13-36-26(32)33/h3-7,15,17-18,23H,8-14H2,1-2H3,(H,28,29). The second kappa shape index (κ2) is 13.9. The van der Waals surface area contributed by atoms with Crippen LogP contribution in [0.4, 0.5) is 4.79 Å². The normalized spacial score (nSPS) is 16.9. The smallest absolute Gasteiger partial charge is 0.328 e. The topological polar surface area (TPSA) is 178 Å². The van der Waals surface area contributed by atoms with Crippen molar-refractivity contribution in [1.82, 2.24) is 15.1 Å². The van der Waals surface area contributed by atoms with Crippen LogP contribution in [-0.4, -0.2) is 102 Å². The zero-order valence-corrected chi connectivity index (χ0v) is 20.0. The van der Waals surface area contributed by atoms with E-state index >= 15 is 0 Å². The van der Waals surface area contributed by atoms with E-state index in [9.17, 15) is 34.4 Å². The predicted molar refractivity (Wildman–Crippen MR) is 122 cm³/mol. The van der Waals surface area contributed by atoms with Gasteiger partial charge in [0.25, 0.3) is 5.09 Å². The highest BCUT2D eigenvalue weighted by Crippen LogP contribution is 2.17. The highest BCUT2D eigenvalue weighted by molar-refractivity contribution is 6.02. The number of hydrogen-bond donors (Lipinski definition) is 2. The molecule has 1 aliphatic rings. The Morgan fingerprint density at radius 2 is 1.86 bits per heavy atom. The van der Waals surface area contributed by atoms with Crippen LogP contribution in [0.2, 0.25) is 0 Å². The summed E-state index contributed by atoms with van der Waals surface area (Å²) in [6.45, 7) is 0.806. The molecule has 1 fully saturated rings. The molecule has 2 rings (SSSR count). The molecule has 0 saturated carbocycles. The van der Waals surface area contributed by atoms with Gasteiger partial charge in [-0.15, -0.1) is 10.1 Å². The van der Waals surface area contributed by atoms with Gasteiger partial charge in [0.1, 0.15) is 19.3 Å². The minimum atomic E-state index is -1.33. The number of rotatable bonds is 15. The number of carboxylic acids is 1. The fourth-order valence-electron chi connectivity index (χ4n) is 3.55. The molecule has 1 heterocycles. The Balaban J connectivity index is 1.99. The number of ether oxygens (including phenoxy) is 2. The molecule has 3 atom stereocenters. The van der Waals surface area contributed by atoms with Gasteiger partial charge in [0.05, 0.1) is 25.8 Å². The summed E-state index contributed by atoms with van der Waals surface area (Å²) in [5.41, 5.74) is 0.951. The summed E-state index contributed by atoms with van der Waals surface area (Å²) in [5.74, 6) is -2.75. The maximum absolute atomic E-state index is 13.0. The zero-order chi connectivity index (χ0) is 26.7. The number of urea groups is 1. The molecule has 0 aromatic heterocycles. The molecule has 198 valence electrons. The average Bonchev–Trinajstić information content (AvgIpc) is 3.15. The number of aliphatic carboxylic acids is 1. The van der Waals surface area contributed by atoms with Crippen molar-refractivity contribution < 1.29 is 43.7 Å². The number of amides is 3. The van der Waals surface area contributed by atoms with Crippen LogP contribution in [0.25, 0.3) is 0 Å². The van der Waals surface area contributed by atoms with Crippen molar-refractivity contribution in [3.63, 3.8) is 0 Å². The Morgan fingerprint density at radius 3 is 2.50 bits per heavy atom. The van der Waals surface area contributed by atoms with Crippen molar-refractivity contribution in [3.8, 4) is 0 Å². The summed E-state index contributed by atoms with van der Waals surface area (Å²) in [6.07, 6.45) is 0.737. The van der Waals surface area contributed by atoms with Gasteiger partial charge in [-0.05, 0) is 25.3 Å². The van der Waals surface area contributed by atoms with Crippen molar-refractivity contribution in [2.24, 2.45) is 0 Å². The lowest BCUT2D eigenvalue weighted by atomic mass is 10.0. The van der Waals surface area contributed by atoms with Crippen LogP contribution in [0.15, 0.2) is 30.3 Å². The first-order chi connectivity index (χ1) is 17.1. The number of likely N-dealkylation sites (N-methyl/N-ethyl adjacent to an activating group) is 1. The number of carbonyl (C=O) groups is 4. The van der Waals surface area contributed by atoms with E-state index in [1.54, 1.807) is 0 Å². The molecule has 3 amide bonds. The number of benzene rings is 1. The number of hydrogen-bond acceptors (Lipinski definition) is 10. The molecule has 0 spiro atoms. The number of imide groups is 1. The van der Waals surface area contributed by atoms with Gasteiger partial charge in [-0.3, -0.25) is 14.9 Å². The zero-order valence-electron chi connectivity index (χ0n) is 20.0. The van der Waals surface area contributed by atoms with Crippen LogP contribution < -0.4 is 5.32 Å². The minimum absolute atomic E-state index is 0.0262. The quantitative estimate of drug-likeness (QED) is 0.141. The van der Waals surface area contributed by atoms with Crippen molar-refractivity contribution in [2.45, 2.75) is 37.9 Å². The average molecular weight is 511 g/mol. The van der Waals surface area contributed by atoms with Crippen molar-refractivity contribution in [2.75, 3.05) is 40.0 Å². The summed E-state index contributed by atoms with van der Waals surface area (Å²) in [4.78, 5) is 65.7.